The molecule has 2 aromatic carbocycles. The summed E-state index contributed by atoms with van der Waals surface area (Å²) in [5, 5.41) is 22.0. The molecule has 8 heteroatoms. The van der Waals surface area contributed by atoms with Crippen molar-refractivity contribution < 1.29 is 0 Å². The van der Waals surface area contributed by atoms with Crippen molar-refractivity contribution in [3.8, 4) is 11.3 Å². The highest BCUT2D eigenvalue weighted by Crippen LogP contribution is 2.40. The summed E-state index contributed by atoms with van der Waals surface area (Å²) in [4.78, 5) is 12.6. The third-order valence-electron chi connectivity index (χ3n) is 4.99. The molecule has 3 heterocycles. The van der Waals surface area contributed by atoms with Gasteiger partial charge in [0.05, 0.1) is 5.69 Å². The molecular weight excluding hydrogens is 354 g/mol. The lowest BCUT2D eigenvalue weighted by atomic mass is 9.92. The number of tetrazole rings is 1. The highest BCUT2D eigenvalue weighted by molar-refractivity contribution is 5.75. The summed E-state index contributed by atoms with van der Waals surface area (Å²) >= 11 is 0. The largest absolute Gasteiger partial charge is 0.318 e. The Balaban J connectivity index is 1.81. The van der Waals surface area contributed by atoms with Crippen LogP contribution >= 0.6 is 0 Å². The number of anilines is 2. The van der Waals surface area contributed by atoms with E-state index in [1.54, 1.807) is 4.68 Å². The number of rotatable bonds is 2. The highest BCUT2D eigenvalue weighted by Gasteiger charge is 2.34. The Labute approximate surface area is 160 Å². The molecule has 138 valence electrons. The van der Waals surface area contributed by atoms with Crippen LogP contribution in [0.4, 0.5) is 11.6 Å². The van der Waals surface area contributed by atoms with Crippen LogP contribution in [-0.4, -0.2) is 30.4 Å². The van der Waals surface area contributed by atoms with Crippen LogP contribution < -0.4 is 10.9 Å². The summed E-state index contributed by atoms with van der Waals surface area (Å²) in [6.07, 6.45) is 0. The van der Waals surface area contributed by atoms with E-state index in [-0.39, 0.29) is 11.6 Å². The van der Waals surface area contributed by atoms with E-state index >= 15 is 0 Å². The quantitative estimate of drug-likeness (QED) is 0.495. The first-order chi connectivity index (χ1) is 13.6. The minimum atomic E-state index is -0.368. The third-order valence-corrected chi connectivity index (χ3v) is 4.99. The van der Waals surface area contributed by atoms with Gasteiger partial charge in [-0.2, -0.15) is 9.78 Å². The van der Waals surface area contributed by atoms with Gasteiger partial charge in [-0.1, -0.05) is 64.8 Å². The predicted octanol–water partition coefficient (Wildman–Crippen LogP) is 2.73. The molecule has 1 aliphatic rings. The summed E-state index contributed by atoms with van der Waals surface area (Å²) in [7, 11) is 0. The molecule has 0 saturated carbocycles. The van der Waals surface area contributed by atoms with Crippen molar-refractivity contribution in [3.63, 3.8) is 0 Å². The Morgan fingerprint density at radius 1 is 0.964 bits per heavy atom. The molecule has 1 atom stereocenters. The zero-order chi connectivity index (χ0) is 19.3. The molecule has 0 bridgehead atoms. The van der Waals surface area contributed by atoms with Gasteiger partial charge in [0.1, 0.15) is 11.7 Å². The monoisotopic (exact) mass is 371 g/mol. The van der Waals surface area contributed by atoms with Gasteiger partial charge in [-0.3, -0.25) is 4.79 Å². The summed E-state index contributed by atoms with van der Waals surface area (Å²) in [5.41, 5.74) is 5.73. The number of aromatic nitrogens is 6. The van der Waals surface area contributed by atoms with Crippen molar-refractivity contribution in [2.45, 2.75) is 19.9 Å². The van der Waals surface area contributed by atoms with Crippen molar-refractivity contribution in [3.05, 3.63) is 81.1 Å². The number of aryl methyl sites for hydroxylation is 2. The Bertz CT molecular complexity index is 1220. The Morgan fingerprint density at radius 3 is 2.36 bits per heavy atom. The fourth-order valence-corrected chi connectivity index (χ4v) is 3.53. The zero-order valence-electron chi connectivity index (χ0n) is 15.3. The number of benzene rings is 2. The standard InChI is InChI=1S/C20H17N7O/c1-11-3-7-13(8-4-11)16-15-17(19(28)23-22-16)21-20-24-25-26-27(20)18(15)14-9-5-12(2)6-10-14/h3-10,18H,1-2H3,(H,23,28)(H,21,24,26)/t18-/m0/s1. The molecular formula is C20H17N7O. The maximum absolute atomic E-state index is 12.6. The highest BCUT2D eigenvalue weighted by atomic mass is 16.1. The Morgan fingerprint density at radius 2 is 1.64 bits per heavy atom. The second-order valence-electron chi connectivity index (χ2n) is 6.94. The molecule has 0 unspecified atom stereocenters. The lowest BCUT2D eigenvalue weighted by molar-refractivity contribution is 0.567. The van der Waals surface area contributed by atoms with Crippen LogP contribution in [0.3, 0.4) is 0 Å². The number of aromatic amines is 1. The molecule has 0 fully saturated rings. The van der Waals surface area contributed by atoms with Gasteiger partial charge < -0.3 is 5.32 Å². The molecule has 5 rings (SSSR count). The van der Waals surface area contributed by atoms with Crippen molar-refractivity contribution in [1.29, 1.82) is 0 Å². The number of H-pyrrole nitrogens is 1. The molecule has 0 aliphatic carbocycles. The van der Waals surface area contributed by atoms with E-state index in [0.29, 0.717) is 17.3 Å². The minimum absolute atomic E-state index is 0.308. The lowest BCUT2D eigenvalue weighted by Gasteiger charge is -2.27. The normalized spacial score (nSPS) is 14.9. The number of hydrogen-bond donors (Lipinski definition) is 2. The second kappa shape index (κ2) is 6.12. The molecule has 0 amide bonds. The van der Waals surface area contributed by atoms with Crippen LogP contribution in [0.2, 0.25) is 0 Å². The van der Waals surface area contributed by atoms with Gasteiger partial charge in [-0.25, -0.2) is 5.10 Å². The first-order valence-electron chi connectivity index (χ1n) is 8.93. The molecule has 2 aromatic heterocycles. The van der Waals surface area contributed by atoms with Gasteiger partial charge in [0.25, 0.3) is 5.56 Å². The fraction of sp³-hybridized carbons (Fsp3) is 0.150. The van der Waals surface area contributed by atoms with Crippen molar-refractivity contribution >= 4 is 11.6 Å². The van der Waals surface area contributed by atoms with Crippen LogP contribution in [0, 0.1) is 13.8 Å². The van der Waals surface area contributed by atoms with E-state index < -0.39 is 0 Å². The van der Waals surface area contributed by atoms with Crippen molar-refractivity contribution in [1.82, 2.24) is 30.4 Å². The summed E-state index contributed by atoms with van der Waals surface area (Å²) in [5.74, 6) is 0.421. The van der Waals surface area contributed by atoms with E-state index in [2.05, 4.69) is 31.0 Å². The topological polar surface area (TPSA) is 101 Å². The van der Waals surface area contributed by atoms with E-state index in [4.69, 9.17) is 0 Å². The zero-order valence-corrected chi connectivity index (χ0v) is 15.3. The number of hydrogen-bond acceptors (Lipinski definition) is 6. The first-order valence-corrected chi connectivity index (χ1v) is 8.93. The van der Waals surface area contributed by atoms with Gasteiger partial charge in [-0.05, 0) is 29.8 Å². The lowest BCUT2D eigenvalue weighted by Crippen LogP contribution is -2.29. The van der Waals surface area contributed by atoms with Crippen LogP contribution in [0.1, 0.15) is 28.3 Å². The Kier molecular flexibility index (Phi) is 3.58. The van der Waals surface area contributed by atoms with Gasteiger partial charge in [0, 0.05) is 11.1 Å². The van der Waals surface area contributed by atoms with E-state index in [9.17, 15) is 4.79 Å². The third kappa shape index (κ3) is 2.50. The fourth-order valence-electron chi connectivity index (χ4n) is 3.53. The summed E-state index contributed by atoms with van der Waals surface area (Å²) in [6, 6.07) is 15.8. The summed E-state index contributed by atoms with van der Waals surface area (Å²) in [6.45, 7) is 4.07. The van der Waals surface area contributed by atoms with Crippen molar-refractivity contribution in [2.24, 2.45) is 0 Å². The van der Waals surface area contributed by atoms with Gasteiger partial charge >= 0.3 is 0 Å². The van der Waals surface area contributed by atoms with Gasteiger partial charge in [0.2, 0.25) is 5.95 Å². The molecule has 8 nitrogen and oxygen atoms in total. The molecule has 0 saturated heterocycles. The summed E-state index contributed by atoms with van der Waals surface area (Å²) < 4.78 is 1.69. The van der Waals surface area contributed by atoms with Gasteiger partial charge in [-0.15, -0.1) is 0 Å². The average molecular weight is 371 g/mol. The first kappa shape index (κ1) is 16.4. The molecule has 0 radical (unpaired) electrons. The van der Waals surface area contributed by atoms with Crippen LogP contribution in [0.5, 0.6) is 0 Å². The number of nitrogens with zero attached hydrogens (tertiary/aromatic N) is 5. The van der Waals surface area contributed by atoms with Gasteiger partial charge in [0.15, 0.2) is 0 Å². The molecule has 2 N–H and O–H groups in total. The predicted molar refractivity (Wildman–Crippen MR) is 105 cm³/mol. The van der Waals surface area contributed by atoms with Crippen LogP contribution in [0.15, 0.2) is 53.3 Å². The maximum atomic E-state index is 12.6. The smallest absolute Gasteiger partial charge is 0.288 e. The minimum Gasteiger partial charge on any atom is -0.318 e. The average Bonchev–Trinajstić information content (AvgIpc) is 3.17. The molecule has 1 aliphatic heterocycles. The maximum Gasteiger partial charge on any atom is 0.288 e. The van der Waals surface area contributed by atoms with Crippen LogP contribution in [-0.2, 0) is 0 Å². The number of fused-ring (bicyclic) bond motifs is 2. The van der Waals surface area contributed by atoms with E-state index in [1.807, 2.05) is 62.4 Å². The van der Waals surface area contributed by atoms with E-state index in [0.717, 1.165) is 27.8 Å². The SMILES string of the molecule is Cc1ccc(-c2n[nH]c(=O)c3c2[C@H](c2ccc(C)cc2)n2nnnc2N3)cc1. The van der Waals surface area contributed by atoms with Crippen LogP contribution in [0.25, 0.3) is 11.3 Å². The molecule has 28 heavy (non-hydrogen) atoms. The van der Waals surface area contributed by atoms with Crippen molar-refractivity contribution in [2.75, 3.05) is 5.32 Å². The molecule has 4 aromatic rings. The second-order valence-corrected chi connectivity index (χ2v) is 6.94. The Hall–Kier alpha value is -3.81. The number of nitrogens with one attached hydrogen (secondary N) is 2. The van der Waals surface area contributed by atoms with E-state index in [1.165, 1.54) is 0 Å². The molecule has 0 spiro atoms.